The van der Waals surface area contributed by atoms with Gasteiger partial charge in [0.05, 0.1) is 11.0 Å². The van der Waals surface area contributed by atoms with Crippen molar-refractivity contribution in [1.82, 2.24) is 5.06 Å². The Morgan fingerprint density at radius 2 is 1.65 bits per heavy atom. The Morgan fingerprint density at radius 3 is 2.05 bits per heavy atom. The summed E-state index contributed by atoms with van der Waals surface area (Å²) in [5.41, 5.74) is 0.0965. The Hall–Kier alpha value is -1.26. The molecule has 5 heteroatoms. The zero-order chi connectivity index (χ0) is 15.6. The second kappa shape index (κ2) is 6.02. The first kappa shape index (κ1) is 16.8. The molecule has 0 unspecified atom stereocenters. The monoisotopic (exact) mass is 298 g/mol. The molecule has 0 aliphatic rings. The maximum Gasteiger partial charge on any atom is 0.177 e. The summed E-state index contributed by atoms with van der Waals surface area (Å²) in [6.07, 6.45) is 0. The molecule has 0 bridgehead atoms. The van der Waals surface area contributed by atoms with Crippen LogP contribution in [0.1, 0.15) is 40.2 Å². The minimum atomic E-state index is -0.515. The molecule has 0 spiro atoms. The molecule has 20 heavy (non-hydrogen) atoms. The smallest absolute Gasteiger partial charge is 0.177 e. The van der Waals surface area contributed by atoms with E-state index >= 15 is 0 Å². The van der Waals surface area contributed by atoms with Gasteiger partial charge in [-0.05, 0) is 52.3 Å². The van der Waals surface area contributed by atoms with Gasteiger partial charge in [-0.3, -0.25) is 4.84 Å². The maximum atomic E-state index is 9.39. The van der Waals surface area contributed by atoms with Gasteiger partial charge >= 0.3 is 0 Å². The van der Waals surface area contributed by atoms with Gasteiger partial charge in [0.15, 0.2) is 5.84 Å². The second-order valence-corrected chi connectivity index (χ2v) is 6.69. The molecule has 0 saturated carbocycles. The van der Waals surface area contributed by atoms with Crippen molar-refractivity contribution in [2.24, 2.45) is 5.16 Å². The summed E-state index contributed by atoms with van der Waals surface area (Å²) in [5.74, 6) is 0.426. The van der Waals surface area contributed by atoms with Gasteiger partial charge in [0.2, 0.25) is 0 Å². The molecule has 0 aliphatic heterocycles. The SMILES string of the molecule is CN(OC(C)(C)C)/C(=N\O)C(C)(C)c1ccc(Cl)cc1. The van der Waals surface area contributed by atoms with Crippen molar-refractivity contribution in [2.45, 2.75) is 45.6 Å². The van der Waals surface area contributed by atoms with E-state index in [1.807, 2.05) is 58.9 Å². The Labute approximate surface area is 125 Å². The lowest BCUT2D eigenvalue weighted by Gasteiger charge is -2.35. The van der Waals surface area contributed by atoms with Crippen LogP contribution in [0.2, 0.25) is 5.02 Å². The normalized spacial score (nSPS) is 13.4. The van der Waals surface area contributed by atoms with Crippen molar-refractivity contribution < 1.29 is 10.0 Å². The fraction of sp³-hybridized carbons (Fsp3) is 0.533. The van der Waals surface area contributed by atoms with Gasteiger partial charge in [-0.25, -0.2) is 5.06 Å². The highest BCUT2D eigenvalue weighted by Gasteiger charge is 2.33. The third kappa shape index (κ3) is 4.12. The number of rotatable bonds is 3. The molecule has 1 aromatic rings. The first-order valence-corrected chi connectivity index (χ1v) is 6.87. The van der Waals surface area contributed by atoms with Crippen LogP contribution >= 0.6 is 11.6 Å². The second-order valence-electron chi connectivity index (χ2n) is 6.26. The minimum absolute atomic E-state index is 0.374. The van der Waals surface area contributed by atoms with E-state index in [-0.39, 0.29) is 5.60 Å². The predicted octanol–water partition coefficient (Wildman–Crippen LogP) is 4.07. The molecule has 0 amide bonds. The Bertz CT molecular complexity index is 476. The van der Waals surface area contributed by atoms with Gasteiger partial charge < -0.3 is 5.21 Å². The zero-order valence-electron chi connectivity index (χ0n) is 12.9. The van der Waals surface area contributed by atoms with Crippen LogP contribution in [-0.2, 0) is 10.3 Å². The molecule has 0 saturated heterocycles. The van der Waals surface area contributed by atoms with E-state index in [1.165, 1.54) is 5.06 Å². The quantitative estimate of drug-likeness (QED) is 0.396. The standard InChI is InChI=1S/C15H23ClN2O2/c1-14(2,3)20-18(6)13(17-19)15(4,5)11-7-9-12(16)10-8-11/h7-10,19H,1-6H3/b17-13-. The number of oxime groups is 1. The molecule has 0 heterocycles. The number of nitrogens with zero attached hydrogens (tertiary/aromatic N) is 2. The molecule has 0 fully saturated rings. The highest BCUT2D eigenvalue weighted by molar-refractivity contribution is 6.30. The van der Waals surface area contributed by atoms with Gasteiger partial charge in [0, 0.05) is 12.1 Å². The highest BCUT2D eigenvalue weighted by Crippen LogP contribution is 2.28. The van der Waals surface area contributed by atoms with Crippen molar-refractivity contribution >= 4 is 17.4 Å². The van der Waals surface area contributed by atoms with E-state index < -0.39 is 5.41 Å². The summed E-state index contributed by atoms with van der Waals surface area (Å²) in [7, 11) is 1.73. The Morgan fingerprint density at radius 1 is 1.15 bits per heavy atom. The van der Waals surface area contributed by atoms with Crippen LogP contribution < -0.4 is 0 Å². The first-order valence-electron chi connectivity index (χ1n) is 6.49. The van der Waals surface area contributed by atoms with E-state index in [4.69, 9.17) is 16.4 Å². The van der Waals surface area contributed by atoms with E-state index in [1.54, 1.807) is 7.05 Å². The van der Waals surface area contributed by atoms with Crippen molar-refractivity contribution in [1.29, 1.82) is 0 Å². The average molecular weight is 299 g/mol. The van der Waals surface area contributed by atoms with E-state index in [0.717, 1.165) is 5.56 Å². The topological polar surface area (TPSA) is 45.1 Å². The van der Waals surface area contributed by atoms with Crippen LogP contribution in [0.25, 0.3) is 0 Å². The van der Waals surface area contributed by atoms with Crippen LogP contribution in [0, 0.1) is 0 Å². The van der Waals surface area contributed by atoms with Crippen molar-refractivity contribution in [3.63, 3.8) is 0 Å². The summed E-state index contributed by atoms with van der Waals surface area (Å²) in [4.78, 5) is 5.74. The number of hydrogen-bond donors (Lipinski definition) is 1. The molecule has 4 nitrogen and oxygen atoms in total. The van der Waals surface area contributed by atoms with Crippen LogP contribution in [0.5, 0.6) is 0 Å². The van der Waals surface area contributed by atoms with Crippen molar-refractivity contribution in [2.75, 3.05) is 7.05 Å². The number of benzene rings is 1. The molecule has 112 valence electrons. The average Bonchev–Trinajstić information content (AvgIpc) is 2.27. The fourth-order valence-electron chi connectivity index (χ4n) is 2.03. The highest BCUT2D eigenvalue weighted by atomic mass is 35.5. The Balaban J connectivity index is 3.07. The molecule has 1 aromatic carbocycles. The van der Waals surface area contributed by atoms with E-state index in [9.17, 15) is 5.21 Å². The lowest BCUT2D eigenvalue weighted by molar-refractivity contribution is -0.171. The molecular weight excluding hydrogens is 276 g/mol. The Kier molecular flexibility index (Phi) is 5.05. The largest absolute Gasteiger partial charge is 0.409 e. The summed E-state index contributed by atoms with van der Waals surface area (Å²) >= 11 is 5.91. The predicted molar refractivity (Wildman–Crippen MR) is 82.3 cm³/mol. The van der Waals surface area contributed by atoms with Gasteiger partial charge in [0.1, 0.15) is 0 Å². The number of amidine groups is 1. The van der Waals surface area contributed by atoms with Crippen LogP contribution in [-0.4, -0.2) is 28.8 Å². The maximum absolute atomic E-state index is 9.39. The van der Waals surface area contributed by atoms with Crippen LogP contribution in [0.3, 0.4) is 0 Å². The summed E-state index contributed by atoms with van der Waals surface area (Å²) in [6, 6.07) is 7.47. The van der Waals surface area contributed by atoms with Gasteiger partial charge in [-0.15, -0.1) is 0 Å². The third-order valence-corrected chi connectivity index (χ3v) is 3.18. The molecule has 0 radical (unpaired) electrons. The summed E-state index contributed by atoms with van der Waals surface area (Å²) < 4.78 is 0. The molecule has 0 atom stereocenters. The molecule has 1 N–H and O–H groups in total. The third-order valence-electron chi connectivity index (χ3n) is 2.93. The number of hydroxylamine groups is 2. The fourth-order valence-corrected chi connectivity index (χ4v) is 2.16. The van der Waals surface area contributed by atoms with E-state index in [0.29, 0.717) is 10.9 Å². The van der Waals surface area contributed by atoms with E-state index in [2.05, 4.69) is 5.16 Å². The molecular formula is C15H23ClN2O2. The van der Waals surface area contributed by atoms with Gasteiger partial charge in [-0.2, -0.15) is 0 Å². The van der Waals surface area contributed by atoms with Crippen LogP contribution in [0.4, 0.5) is 0 Å². The van der Waals surface area contributed by atoms with Crippen molar-refractivity contribution in [3.05, 3.63) is 34.9 Å². The molecule has 0 aliphatic carbocycles. The van der Waals surface area contributed by atoms with Crippen molar-refractivity contribution in [3.8, 4) is 0 Å². The molecule has 0 aromatic heterocycles. The number of likely N-dealkylation sites (N-methyl/N-ethyl adjacent to an activating group) is 1. The summed E-state index contributed by atoms with van der Waals surface area (Å²) in [5, 5.41) is 15.0. The lowest BCUT2D eigenvalue weighted by atomic mass is 9.83. The lowest BCUT2D eigenvalue weighted by Crippen LogP contribution is -2.44. The summed E-state index contributed by atoms with van der Waals surface area (Å²) in [6.45, 7) is 9.75. The zero-order valence-corrected chi connectivity index (χ0v) is 13.7. The first-order chi connectivity index (χ1) is 9.08. The molecule has 1 rings (SSSR count). The minimum Gasteiger partial charge on any atom is -0.409 e. The number of hydrogen-bond acceptors (Lipinski definition) is 3. The van der Waals surface area contributed by atoms with Gasteiger partial charge in [-0.1, -0.05) is 28.9 Å². The van der Waals surface area contributed by atoms with Crippen LogP contribution in [0.15, 0.2) is 29.4 Å². The number of halogens is 1. The van der Waals surface area contributed by atoms with Gasteiger partial charge in [0.25, 0.3) is 0 Å².